The lowest BCUT2D eigenvalue weighted by molar-refractivity contribution is -0.127. The second-order valence-electron chi connectivity index (χ2n) is 5.90. The van der Waals surface area contributed by atoms with Crippen molar-refractivity contribution in [2.24, 2.45) is 0 Å². The van der Waals surface area contributed by atoms with E-state index in [1.54, 1.807) is 17.0 Å². The Morgan fingerprint density at radius 1 is 1.33 bits per heavy atom. The maximum Gasteiger partial charge on any atom is 0.241 e. The van der Waals surface area contributed by atoms with Gasteiger partial charge in [0, 0.05) is 38.4 Å². The number of anilines is 1. The van der Waals surface area contributed by atoms with E-state index in [4.69, 9.17) is 0 Å². The molecule has 1 heterocycles. The highest BCUT2D eigenvalue weighted by atomic mass is 19.1. The summed E-state index contributed by atoms with van der Waals surface area (Å²) in [6.45, 7) is 6.67. The third kappa shape index (κ3) is 4.17. The number of nitrogens with zero attached hydrogens (tertiary/aromatic N) is 2. The molecule has 1 saturated heterocycles. The van der Waals surface area contributed by atoms with E-state index in [0.29, 0.717) is 19.1 Å². The second-order valence-corrected chi connectivity index (χ2v) is 5.90. The average Bonchev–Trinajstić information content (AvgIpc) is 2.59. The van der Waals surface area contributed by atoms with Crippen molar-refractivity contribution in [2.45, 2.75) is 32.9 Å². The van der Waals surface area contributed by atoms with Crippen LogP contribution < -0.4 is 10.2 Å². The van der Waals surface area contributed by atoms with E-state index in [9.17, 15) is 9.18 Å². The van der Waals surface area contributed by atoms with Crippen molar-refractivity contribution in [1.82, 2.24) is 10.2 Å². The number of likely N-dealkylation sites (N-methyl/N-ethyl adjacent to an activating group) is 1. The van der Waals surface area contributed by atoms with Gasteiger partial charge in [-0.2, -0.15) is 0 Å². The predicted molar refractivity (Wildman–Crippen MR) is 82.8 cm³/mol. The van der Waals surface area contributed by atoms with Crippen molar-refractivity contribution in [3.05, 3.63) is 29.6 Å². The third-order valence-corrected chi connectivity index (χ3v) is 3.76. The molecule has 0 unspecified atom stereocenters. The fourth-order valence-corrected chi connectivity index (χ4v) is 2.51. The minimum absolute atomic E-state index is 0.111. The molecule has 1 aliphatic heterocycles. The Kier molecular flexibility index (Phi) is 5.17. The van der Waals surface area contributed by atoms with Gasteiger partial charge in [-0.05, 0) is 30.2 Å². The summed E-state index contributed by atoms with van der Waals surface area (Å²) in [5.41, 5.74) is 1.86. The first-order valence-electron chi connectivity index (χ1n) is 7.48. The van der Waals surface area contributed by atoms with Crippen LogP contribution in [0.5, 0.6) is 0 Å². The molecule has 0 atom stereocenters. The predicted octanol–water partition coefficient (Wildman–Crippen LogP) is 1.99. The molecule has 0 radical (unpaired) electrons. The Bertz CT molecular complexity index is 504. The fourth-order valence-electron chi connectivity index (χ4n) is 2.51. The van der Waals surface area contributed by atoms with Crippen molar-refractivity contribution in [2.75, 3.05) is 31.6 Å². The number of hydrogen-bond acceptors (Lipinski definition) is 3. The van der Waals surface area contributed by atoms with Crippen LogP contribution in [-0.4, -0.2) is 43.5 Å². The summed E-state index contributed by atoms with van der Waals surface area (Å²) < 4.78 is 13.5. The number of hydrogen-bond donors (Lipinski definition) is 1. The lowest BCUT2D eigenvalue weighted by Gasteiger charge is -2.25. The summed E-state index contributed by atoms with van der Waals surface area (Å²) in [7, 11) is 1.83. The molecule has 0 saturated carbocycles. The summed E-state index contributed by atoms with van der Waals surface area (Å²) in [6, 6.07) is 5.14. The van der Waals surface area contributed by atoms with E-state index in [-0.39, 0.29) is 11.7 Å². The highest BCUT2D eigenvalue weighted by Crippen LogP contribution is 2.23. The first kappa shape index (κ1) is 15.8. The average molecular weight is 293 g/mol. The zero-order valence-electron chi connectivity index (χ0n) is 13.0. The number of rotatable bonds is 4. The van der Waals surface area contributed by atoms with Crippen molar-refractivity contribution in [3.8, 4) is 0 Å². The Morgan fingerprint density at radius 2 is 2.10 bits per heavy atom. The first-order chi connectivity index (χ1) is 9.97. The van der Waals surface area contributed by atoms with Crippen LogP contribution in [0.4, 0.5) is 10.1 Å². The molecule has 1 N–H and O–H groups in total. The first-order valence-corrected chi connectivity index (χ1v) is 7.48. The van der Waals surface area contributed by atoms with Gasteiger partial charge in [-0.25, -0.2) is 4.39 Å². The van der Waals surface area contributed by atoms with Crippen LogP contribution in [0, 0.1) is 5.82 Å². The Morgan fingerprint density at radius 3 is 2.81 bits per heavy atom. The van der Waals surface area contributed by atoms with E-state index >= 15 is 0 Å². The number of amides is 1. The van der Waals surface area contributed by atoms with Gasteiger partial charge in [-0.3, -0.25) is 4.79 Å². The molecule has 4 nitrogen and oxygen atoms in total. The van der Waals surface area contributed by atoms with Crippen LogP contribution in [0.3, 0.4) is 0 Å². The molecule has 0 aliphatic carbocycles. The minimum atomic E-state index is -0.238. The van der Waals surface area contributed by atoms with E-state index in [1.165, 1.54) is 6.07 Å². The molecule has 0 bridgehead atoms. The molecule has 5 heteroatoms. The normalized spacial score (nSPS) is 16.5. The molecular weight excluding hydrogens is 269 g/mol. The van der Waals surface area contributed by atoms with E-state index < -0.39 is 0 Å². The maximum atomic E-state index is 13.5. The lowest BCUT2D eigenvalue weighted by Crippen LogP contribution is -2.35. The molecule has 1 aromatic rings. The number of halogens is 1. The molecule has 1 aliphatic rings. The summed E-state index contributed by atoms with van der Waals surface area (Å²) in [6.07, 6.45) is 0.927. The molecular formula is C16H24FN3O. The van der Waals surface area contributed by atoms with Crippen LogP contribution in [0.2, 0.25) is 0 Å². The van der Waals surface area contributed by atoms with Gasteiger partial charge in [0.15, 0.2) is 0 Å². The number of carbonyl (C=O) groups excluding carboxylic acids is 1. The smallest absolute Gasteiger partial charge is 0.241 e. The molecule has 0 spiro atoms. The van der Waals surface area contributed by atoms with E-state index in [1.807, 2.05) is 7.05 Å². The summed E-state index contributed by atoms with van der Waals surface area (Å²) in [5, 5.41) is 3.32. The summed E-state index contributed by atoms with van der Waals surface area (Å²) in [4.78, 5) is 15.9. The van der Waals surface area contributed by atoms with Crippen LogP contribution in [0.25, 0.3) is 0 Å². The summed E-state index contributed by atoms with van der Waals surface area (Å²) in [5.74, 6) is -0.128. The van der Waals surface area contributed by atoms with Gasteiger partial charge in [0.1, 0.15) is 5.82 Å². The largest absolute Gasteiger partial charge is 0.362 e. The maximum absolute atomic E-state index is 13.5. The van der Waals surface area contributed by atoms with Crippen LogP contribution in [0.15, 0.2) is 18.2 Å². The minimum Gasteiger partial charge on any atom is -0.362 e. The van der Waals surface area contributed by atoms with Gasteiger partial charge in [0.2, 0.25) is 5.91 Å². The monoisotopic (exact) mass is 293 g/mol. The Hall–Kier alpha value is -1.62. The van der Waals surface area contributed by atoms with Crippen molar-refractivity contribution >= 4 is 11.6 Å². The number of nitrogens with one attached hydrogen (secondary N) is 1. The number of carbonyl (C=O) groups is 1. The molecule has 2 rings (SSSR count). The Labute approximate surface area is 125 Å². The van der Waals surface area contributed by atoms with Gasteiger partial charge >= 0.3 is 0 Å². The highest BCUT2D eigenvalue weighted by molar-refractivity contribution is 5.82. The molecule has 1 fully saturated rings. The topological polar surface area (TPSA) is 35.6 Å². The van der Waals surface area contributed by atoms with Crippen molar-refractivity contribution in [3.63, 3.8) is 0 Å². The van der Waals surface area contributed by atoms with E-state index in [0.717, 1.165) is 30.8 Å². The molecule has 1 aromatic carbocycles. The third-order valence-electron chi connectivity index (χ3n) is 3.76. The van der Waals surface area contributed by atoms with Gasteiger partial charge < -0.3 is 15.1 Å². The molecule has 1 amide bonds. The van der Waals surface area contributed by atoms with Gasteiger partial charge in [-0.15, -0.1) is 0 Å². The molecule has 0 aromatic heterocycles. The van der Waals surface area contributed by atoms with Crippen molar-refractivity contribution in [1.29, 1.82) is 0 Å². The SMILES string of the molecule is CC(C)NCc1cc(F)ccc1N1CCCN(C)C(=O)C1. The van der Waals surface area contributed by atoms with Crippen LogP contribution in [-0.2, 0) is 11.3 Å². The zero-order valence-corrected chi connectivity index (χ0v) is 13.0. The summed E-state index contributed by atoms with van der Waals surface area (Å²) >= 11 is 0. The van der Waals surface area contributed by atoms with Crippen LogP contribution >= 0.6 is 0 Å². The molecule has 21 heavy (non-hydrogen) atoms. The number of benzene rings is 1. The quantitative estimate of drug-likeness (QED) is 0.922. The Balaban J connectivity index is 2.22. The lowest BCUT2D eigenvalue weighted by atomic mass is 10.1. The van der Waals surface area contributed by atoms with E-state index in [2.05, 4.69) is 24.1 Å². The van der Waals surface area contributed by atoms with Crippen molar-refractivity contribution < 1.29 is 9.18 Å². The fraction of sp³-hybridized carbons (Fsp3) is 0.562. The highest BCUT2D eigenvalue weighted by Gasteiger charge is 2.21. The standard InChI is InChI=1S/C16H24FN3O/c1-12(2)18-10-13-9-14(17)5-6-15(13)20-8-4-7-19(3)16(21)11-20/h5-6,9,12,18H,4,7-8,10-11H2,1-3H3. The van der Waals surface area contributed by atoms with Gasteiger partial charge in [-0.1, -0.05) is 13.8 Å². The second kappa shape index (κ2) is 6.89. The van der Waals surface area contributed by atoms with Crippen LogP contribution in [0.1, 0.15) is 25.8 Å². The zero-order chi connectivity index (χ0) is 15.4. The van der Waals surface area contributed by atoms with Gasteiger partial charge in [0.05, 0.1) is 6.54 Å². The molecule has 116 valence electrons. The van der Waals surface area contributed by atoms with Gasteiger partial charge in [0.25, 0.3) is 0 Å².